The maximum atomic E-state index is 12.6. The number of carbonyl (C=O) groups excluding carboxylic acids is 2. The van der Waals surface area contributed by atoms with Gasteiger partial charge in [-0.25, -0.2) is 0 Å². The van der Waals surface area contributed by atoms with Gasteiger partial charge in [-0.1, -0.05) is 12.1 Å². The summed E-state index contributed by atoms with van der Waals surface area (Å²) in [6.45, 7) is 2.40. The van der Waals surface area contributed by atoms with E-state index in [1.165, 1.54) is 13.0 Å². The van der Waals surface area contributed by atoms with Crippen LogP contribution in [0.3, 0.4) is 0 Å². The molecule has 0 aromatic heterocycles. The Labute approximate surface area is 107 Å². The molecule has 1 unspecified atom stereocenters. The largest absolute Gasteiger partial charge is 0.416 e. The smallest absolute Gasteiger partial charge is 0.367 e. The Kier molecular flexibility index (Phi) is 3.88. The predicted octanol–water partition coefficient (Wildman–Crippen LogP) is 1.54. The number of nitrogens with two attached hydrogens (primary N) is 1. The summed E-state index contributed by atoms with van der Waals surface area (Å²) in [4.78, 5) is 22.5. The Morgan fingerprint density at radius 1 is 1.21 bits per heavy atom. The van der Waals surface area contributed by atoms with E-state index in [4.69, 9.17) is 5.73 Å². The molecule has 7 heteroatoms. The zero-order valence-corrected chi connectivity index (χ0v) is 10.3. The summed E-state index contributed by atoms with van der Waals surface area (Å²) in [6.07, 6.45) is -4.54. The molecule has 0 radical (unpaired) electrons. The number of alkyl halides is 3. The molecule has 0 fully saturated rings. The molecule has 2 amide bonds. The van der Waals surface area contributed by atoms with Gasteiger partial charge in [-0.3, -0.25) is 9.59 Å². The maximum absolute atomic E-state index is 12.6. The molecule has 0 saturated heterocycles. The van der Waals surface area contributed by atoms with E-state index in [2.05, 4.69) is 5.32 Å². The zero-order chi connectivity index (χ0) is 14.8. The first-order chi connectivity index (χ1) is 8.57. The van der Waals surface area contributed by atoms with E-state index in [0.29, 0.717) is 0 Å². The lowest BCUT2D eigenvalue weighted by atomic mass is 9.90. The van der Waals surface area contributed by atoms with Crippen LogP contribution >= 0.6 is 0 Å². The quantitative estimate of drug-likeness (QED) is 0.877. The van der Waals surface area contributed by atoms with Crippen LogP contribution in [-0.2, 0) is 21.3 Å². The number of halogens is 3. The molecule has 0 aliphatic heterocycles. The highest BCUT2D eigenvalue weighted by atomic mass is 19.4. The van der Waals surface area contributed by atoms with Crippen molar-refractivity contribution in [3.63, 3.8) is 0 Å². The summed E-state index contributed by atoms with van der Waals surface area (Å²) < 4.78 is 37.8. The van der Waals surface area contributed by atoms with Gasteiger partial charge in [0.05, 0.1) is 5.56 Å². The summed E-state index contributed by atoms with van der Waals surface area (Å²) in [5, 5.41) is 2.27. The minimum atomic E-state index is -4.54. The van der Waals surface area contributed by atoms with E-state index < -0.39 is 29.1 Å². The topological polar surface area (TPSA) is 72.2 Å². The molecule has 4 nitrogen and oxygen atoms in total. The highest BCUT2D eigenvalue weighted by molar-refractivity contribution is 5.90. The molecular formula is C12H13F3N2O2. The van der Waals surface area contributed by atoms with Crippen molar-refractivity contribution >= 4 is 11.8 Å². The third-order valence-corrected chi connectivity index (χ3v) is 2.69. The molecule has 1 rings (SSSR count). The lowest BCUT2D eigenvalue weighted by molar-refractivity contribution is -0.138. The second-order valence-electron chi connectivity index (χ2n) is 4.25. The van der Waals surface area contributed by atoms with Crippen molar-refractivity contribution in [2.45, 2.75) is 25.6 Å². The standard InChI is InChI=1S/C12H13F3N2O2/c1-7(18)17-11(2,10(16)19)8-4-3-5-9(6-8)12(13,14)15/h3-6H,1-2H3,(H2,16,19)(H,17,18). The van der Waals surface area contributed by atoms with Crippen LogP contribution in [0.15, 0.2) is 24.3 Å². The van der Waals surface area contributed by atoms with Crippen LogP contribution in [0.5, 0.6) is 0 Å². The van der Waals surface area contributed by atoms with E-state index >= 15 is 0 Å². The molecule has 0 spiro atoms. The average Bonchev–Trinajstić information content (AvgIpc) is 2.26. The van der Waals surface area contributed by atoms with Gasteiger partial charge in [-0.05, 0) is 24.6 Å². The summed E-state index contributed by atoms with van der Waals surface area (Å²) in [7, 11) is 0. The Hall–Kier alpha value is -2.05. The first-order valence-electron chi connectivity index (χ1n) is 5.34. The van der Waals surface area contributed by atoms with E-state index in [1.54, 1.807) is 0 Å². The van der Waals surface area contributed by atoms with Crippen molar-refractivity contribution in [2.24, 2.45) is 5.73 Å². The minimum Gasteiger partial charge on any atom is -0.367 e. The highest BCUT2D eigenvalue weighted by Crippen LogP contribution is 2.32. The molecule has 1 aromatic carbocycles. The molecule has 0 aliphatic carbocycles. The van der Waals surface area contributed by atoms with Crippen molar-refractivity contribution in [3.8, 4) is 0 Å². The second-order valence-corrected chi connectivity index (χ2v) is 4.25. The SMILES string of the molecule is CC(=O)NC(C)(C(N)=O)c1cccc(C(F)(F)F)c1. The first kappa shape index (κ1) is 15.0. The molecule has 0 saturated carbocycles. The highest BCUT2D eigenvalue weighted by Gasteiger charge is 2.37. The van der Waals surface area contributed by atoms with Gasteiger partial charge >= 0.3 is 6.18 Å². The predicted molar refractivity (Wildman–Crippen MR) is 61.8 cm³/mol. The molecule has 0 heterocycles. The zero-order valence-electron chi connectivity index (χ0n) is 10.3. The van der Waals surface area contributed by atoms with Gasteiger partial charge in [-0.15, -0.1) is 0 Å². The Balaban J connectivity index is 3.32. The number of carbonyl (C=O) groups is 2. The maximum Gasteiger partial charge on any atom is 0.416 e. The number of nitrogens with one attached hydrogen (secondary N) is 1. The first-order valence-corrected chi connectivity index (χ1v) is 5.34. The molecule has 3 N–H and O–H groups in total. The van der Waals surface area contributed by atoms with Gasteiger partial charge in [0.15, 0.2) is 0 Å². The summed E-state index contributed by atoms with van der Waals surface area (Å²) >= 11 is 0. The van der Waals surface area contributed by atoms with Gasteiger partial charge in [0.25, 0.3) is 0 Å². The lowest BCUT2D eigenvalue weighted by Gasteiger charge is -2.28. The molecule has 19 heavy (non-hydrogen) atoms. The number of hydrogen-bond donors (Lipinski definition) is 2. The van der Waals surface area contributed by atoms with Crippen molar-refractivity contribution < 1.29 is 22.8 Å². The van der Waals surface area contributed by atoms with E-state index in [0.717, 1.165) is 25.1 Å². The lowest BCUT2D eigenvalue weighted by Crippen LogP contribution is -2.52. The fourth-order valence-corrected chi connectivity index (χ4v) is 1.63. The van der Waals surface area contributed by atoms with Crippen molar-refractivity contribution in [3.05, 3.63) is 35.4 Å². The monoisotopic (exact) mass is 274 g/mol. The summed E-state index contributed by atoms with van der Waals surface area (Å²) in [5.74, 6) is -1.51. The van der Waals surface area contributed by atoms with Crippen LogP contribution in [0.2, 0.25) is 0 Å². The third-order valence-electron chi connectivity index (χ3n) is 2.69. The fraction of sp³-hybridized carbons (Fsp3) is 0.333. The number of hydrogen-bond acceptors (Lipinski definition) is 2. The summed E-state index contributed by atoms with van der Waals surface area (Å²) in [6, 6.07) is 4.12. The van der Waals surface area contributed by atoms with E-state index in [-0.39, 0.29) is 5.56 Å². The van der Waals surface area contributed by atoms with Crippen LogP contribution in [0, 0.1) is 0 Å². The fourth-order valence-electron chi connectivity index (χ4n) is 1.63. The molecule has 104 valence electrons. The minimum absolute atomic E-state index is 0.0231. The van der Waals surface area contributed by atoms with Crippen LogP contribution in [0.25, 0.3) is 0 Å². The van der Waals surface area contributed by atoms with Crippen LogP contribution < -0.4 is 11.1 Å². The Morgan fingerprint density at radius 2 is 1.74 bits per heavy atom. The summed E-state index contributed by atoms with van der Waals surface area (Å²) in [5.41, 5.74) is 2.55. The van der Waals surface area contributed by atoms with Gasteiger partial charge < -0.3 is 11.1 Å². The molecule has 0 bridgehead atoms. The third kappa shape index (κ3) is 3.24. The molecular weight excluding hydrogens is 261 g/mol. The molecule has 0 aliphatic rings. The van der Waals surface area contributed by atoms with E-state index in [1.807, 2.05) is 0 Å². The second kappa shape index (κ2) is 4.91. The average molecular weight is 274 g/mol. The Bertz CT molecular complexity index is 514. The van der Waals surface area contributed by atoms with Crippen molar-refractivity contribution in [2.75, 3.05) is 0 Å². The van der Waals surface area contributed by atoms with Gasteiger partial charge in [0.2, 0.25) is 11.8 Å². The van der Waals surface area contributed by atoms with E-state index in [9.17, 15) is 22.8 Å². The Morgan fingerprint density at radius 3 is 2.16 bits per heavy atom. The number of amides is 2. The molecule has 1 atom stereocenters. The van der Waals surface area contributed by atoms with Crippen LogP contribution in [-0.4, -0.2) is 11.8 Å². The normalized spacial score (nSPS) is 14.6. The van der Waals surface area contributed by atoms with Crippen LogP contribution in [0.4, 0.5) is 13.2 Å². The van der Waals surface area contributed by atoms with Crippen molar-refractivity contribution in [1.82, 2.24) is 5.32 Å². The van der Waals surface area contributed by atoms with Gasteiger partial charge in [-0.2, -0.15) is 13.2 Å². The van der Waals surface area contributed by atoms with Gasteiger partial charge in [0.1, 0.15) is 5.54 Å². The van der Waals surface area contributed by atoms with Crippen LogP contribution in [0.1, 0.15) is 25.0 Å². The number of benzene rings is 1. The number of rotatable bonds is 3. The van der Waals surface area contributed by atoms with Crippen molar-refractivity contribution in [1.29, 1.82) is 0 Å². The van der Waals surface area contributed by atoms with Gasteiger partial charge in [0, 0.05) is 6.92 Å². The molecule has 1 aromatic rings. The number of primary amides is 1.